The summed E-state index contributed by atoms with van der Waals surface area (Å²) in [4.78, 5) is 10.2. The Bertz CT molecular complexity index is 747. The molecule has 2 rings (SSSR count). The van der Waals surface area contributed by atoms with E-state index in [9.17, 15) is 8.42 Å². The van der Waals surface area contributed by atoms with E-state index in [1.807, 2.05) is 19.0 Å². The van der Waals surface area contributed by atoms with Crippen LogP contribution in [-0.4, -0.2) is 39.6 Å². The summed E-state index contributed by atoms with van der Waals surface area (Å²) in [5.41, 5.74) is 0. The summed E-state index contributed by atoms with van der Waals surface area (Å²) in [6, 6.07) is 8.18. The molecule has 0 unspecified atom stereocenters. The van der Waals surface area contributed by atoms with E-state index in [0.29, 0.717) is 11.6 Å². The first kappa shape index (κ1) is 16.2. The molecule has 0 aliphatic heterocycles. The van der Waals surface area contributed by atoms with Gasteiger partial charge in [-0.15, -0.1) is 0 Å². The Kier molecular flexibility index (Phi) is 4.94. The highest BCUT2D eigenvalue weighted by Gasteiger charge is 2.19. The Hall–Kier alpha value is -2.19. The summed E-state index contributed by atoms with van der Waals surface area (Å²) in [5.74, 6) is 1.39. The fourth-order valence-electron chi connectivity index (χ4n) is 1.80. The Morgan fingerprint density at radius 3 is 2.64 bits per heavy atom. The second-order valence-electron chi connectivity index (χ2n) is 4.70. The van der Waals surface area contributed by atoms with E-state index >= 15 is 0 Å². The number of hydrogen-bond donors (Lipinski definition) is 1. The molecular formula is C14H18N4O3S. The molecule has 0 amide bonds. The van der Waals surface area contributed by atoms with E-state index in [0.717, 1.165) is 0 Å². The predicted octanol–water partition coefficient (Wildman–Crippen LogP) is 1.03. The van der Waals surface area contributed by atoms with Crippen molar-refractivity contribution in [3.63, 3.8) is 0 Å². The summed E-state index contributed by atoms with van der Waals surface area (Å²) < 4.78 is 32.3. The molecular weight excluding hydrogens is 304 g/mol. The molecule has 8 heteroatoms. The lowest BCUT2D eigenvalue weighted by Gasteiger charge is -2.12. The van der Waals surface area contributed by atoms with Gasteiger partial charge in [0.2, 0.25) is 10.0 Å². The maximum Gasteiger partial charge on any atom is 0.244 e. The van der Waals surface area contributed by atoms with Crippen molar-refractivity contribution in [3.8, 4) is 5.75 Å². The maximum atomic E-state index is 12.3. The van der Waals surface area contributed by atoms with Crippen LogP contribution in [0.3, 0.4) is 0 Å². The third kappa shape index (κ3) is 3.71. The molecule has 0 atom stereocenters. The summed E-state index contributed by atoms with van der Waals surface area (Å²) in [6.07, 6.45) is 1.59. The first-order valence-electron chi connectivity index (χ1n) is 6.56. The van der Waals surface area contributed by atoms with Crippen LogP contribution in [0.2, 0.25) is 0 Å². The summed E-state index contributed by atoms with van der Waals surface area (Å²) in [6.45, 7) is 0.00205. The fraction of sp³-hybridized carbons (Fsp3) is 0.286. The molecule has 0 aliphatic carbocycles. The zero-order valence-electron chi connectivity index (χ0n) is 12.6. The van der Waals surface area contributed by atoms with Crippen LogP contribution < -0.4 is 14.4 Å². The first-order chi connectivity index (χ1) is 10.4. The number of sulfonamides is 1. The van der Waals surface area contributed by atoms with Crippen molar-refractivity contribution in [3.05, 3.63) is 42.4 Å². The lowest BCUT2D eigenvalue weighted by Crippen LogP contribution is -2.25. The molecule has 7 nitrogen and oxygen atoms in total. The second kappa shape index (κ2) is 6.71. The Labute approximate surface area is 130 Å². The van der Waals surface area contributed by atoms with E-state index < -0.39 is 10.0 Å². The highest BCUT2D eigenvalue weighted by molar-refractivity contribution is 7.89. The van der Waals surface area contributed by atoms with Gasteiger partial charge in [0.1, 0.15) is 22.3 Å². The Morgan fingerprint density at radius 1 is 1.23 bits per heavy atom. The normalized spacial score (nSPS) is 11.2. The maximum absolute atomic E-state index is 12.3. The number of hydrogen-bond acceptors (Lipinski definition) is 6. The highest BCUT2D eigenvalue weighted by atomic mass is 32.2. The molecule has 0 fully saturated rings. The summed E-state index contributed by atoms with van der Waals surface area (Å²) >= 11 is 0. The van der Waals surface area contributed by atoms with Gasteiger partial charge in [-0.3, -0.25) is 0 Å². The molecule has 1 aromatic carbocycles. The molecule has 2 aromatic rings. The van der Waals surface area contributed by atoms with Gasteiger partial charge in [-0.25, -0.2) is 23.1 Å². The van der Waals surface area contributed by atoms with Crippen molar-refractivity contribution in [1.82, 2.24) is 14.7 Å². The summed E-state index contributed by atoms with van der Waals surface area (Å²) in [5, 5.41) is 0. The number of benzene rings is 1. The predicted molar refractivity (Wildman–Crippen MR) is 83.4 cm³/mol. The number of rotatable bonds is 6. The lowest BCUT2D eigenvalue weighted by molar-refractivity contribution is 0.402. The minimum Gasteiger partial charge on any atom is -0.495 e. The highest BCUT2D eigenvalue weighted by Crippen LogP contribution is 2.22. The number of para-hydroxylation sites is 1. The largest absolute Gasteiger partial charge is 0.495 e. The summed E-state index contributed by atoms with van der Waals surface area (Å²) in [7, 11) is 1.43. The number of aromatic nitrogens is 2. The van der Waals surface area contributed by atoms with Crippen LogP contribution in [0.4, 0.5) is 5.82 Å². The zero-order chi connectivity index (χ0) is 16.2. The van der Waals surface area contributed by atoms with Gasteiger partial charge in [-0.2, -0.15) is 0 Å². The molecule has 0 radical (unpaired) electrons. The molecule has 0 bridgehead atoms. The standard InChI is InChI=1S/C14H18N4O3S/c1-18(2)14-8-9-15-13(17-14)10-16-22(19,20)12-7-5-4-6-11(12)21-3/h4-9,16H,10H2,1-3H3. The molecule has 1 N–H and O–H groups in total. The number of methoxy groups -OCH3 is 1. The molecule has 1 aromatic heterocycles. The SMILES string of the molecule is COc1ccccc1S(=O)(=O)NCc1nccc(N(C)C)n1. The number of nitrogens with zero attached hydrogens (tertiary/aromatic N) is 3. The quantitative estimate of drug-likeness (QED) is 0.855. The smallest absolute Gasteiger partial charge is 0.244 e. The van der Waals surface area contributed by atoms with E-state index in [1.54, 1.807) is 30.5 Å². The van der Waals surface area contributed by atoms with Gasteiger partial charge in [-0.1, -0.05) is 12.1 Å². The van der Waals surface area contributed by atoms with Crippen molar-refractivity contribution < 1.29 is 13.2 Å². The lowest BCUT2D eigenvalue weighted by atomic mass is 10.3. The molecule has 0 aliphatic rings. The van der Waals surface area contributed by atoms with Crippen molar-refractivity contribution >= 4 is 15.8 Å². The van der Waals surface area contributed by atoms with Gasteiger partial charge in [-0.05, 0) is 18.2 Å². The van der Waals surface area contributed by atoms with Gasteiger partial charge in [0.25, 0.3) is 0 Å². The van der Waals surface area contributed by atoms with E-state index in [2.05, 4.69) is 14.7 Å². The van der Waals surface area contributed by atoms with Gasteiger partial charge < -0.3 is 9.64 Å². The first-order valence-corrected chi connectivity index (χ1v) is 8.04. The van der Waals surface area contributed by atoms with E-state index in [4.69, 9.17) is 4.74 Å². The van der Waals surface area contributed by atoms with E-state index in [-0.39, 0.29) is 17.2 Å². The van der Waals surface area contributed by atoms with Crippen molar-refractivity contribution in [2.45, 2.75) is 11.4 Å². The van der Waals surface area contributed by atoms with Gasteiger partial charge in [0.15, 0.2) is 0 Å². The van der Waals surface area contributed by atoms with Gasteiger partial charge in [0.05, 0.1) is 13.7 Å². The van der Waals surface area contributed by atoms with Crippen LogP contribution in [0.1, 0.15) is 5.82 Å². The van der Waals surface area contributed by atoms with Crippen LogP contribution in [-0.2, 0) is 16.6 Å². The molecule has 0 saturated carbocycles. The van der Waals surface area contributed by atoms with Crippen LogP contribution in [0.5, 0.6) is 5.75 Å². The minimum absolute atomic E-state index is 0.00205. The number of ether oxygens (including phenoxy) is 1. The van der Waals surface area contributed by atoms with Crippen LogP contribution in [0.15, 0.2) is 41.4 Å². The van der Waals surface area contributed by atoms with Crippen LogP contribution in [0, 0.1) is 0 Å². The van der Waals surface area contributed by atoms with Crippen LogP contribution >= 0.6 is 0 Å². The molecule has 0 saturated heterocycles. The molecule has 22 heavy (non-hydrogen) atoms. The Morgan fingerprint density at radius 2 is 1.95 bits per heavy atom. The van der Waals surface area contributed by atoms with Gasteiger partial charge in [0, 0.05) is 20.3 Å². The average molecular weight is 322 g/mol. The molecule has 118 valence electrons. The second-order valence-corrected chi connectivity index (χ2v) is 6.44. The minimum atomic E-state index is -3.70. The third-order valence-electron chi connectivity index (χ3n) is 2.93. The monoisotopic (exact) mass is 322 g/mol. The van der Waals surface area contributed by atoms with Crippen molar-refractivity contribution in [1.29, 1.82) is 0 Å². The molecule has 1 heterocycles. The van der Waals surface area contributed by atoms with Crippen molar-refractivity contribution in [2.24, 2.45) is 0 Å². The Balaban J connectivity index is 2.18. The fourth-order valence-corrected chi connectivity index (χ4v) is 2.95. The number of anilines is 1. The average Bonchev–Trinajstić information content (AvgIpc) is 2.53. The topological polar surface area (TPSA) is 84.4 Å². The van der Waals surface area contributed by atoms with E-state index in [1.165, 1.54) is 13.2 Å². The van der Waals surface area contributed by atoms with Crippen LogP contribution in [0.25, 0.3) is 0 Å². The number of nitrogens with one attached hydrogen (secondary N) is 1. The zero-order valence-corrected chi connectivity index (χ0v) is 13.5. The third-order valence-corrected chi connectivity index (χ3v) is 4.37. The van der Waals surface area contributed by atoms with Crippen molar-refractivity contribution in [2.75, 3.05) is 26.1 Å². The molecule has 0 spiro atoms. The van der Waals surface area contributed by atoms with Gasteiger partial charge >= 0.3 is 0 Å².